The number of benzene rings is 2. The van der Waals surface area contributed by atoms with Crippen molar-refractivity contribution < 1.29 is 18.6 Å². The molecule has 0 aromatic heterocycles. The zero-order valence-corrected chi connectivity index (χ0v) is 12.2. The molecule has 1 unspecified atom stereocenters. The van der Waals surface area contributed by atoms with E-state index in [0.717, 1.165) is 0 Å². The summed E-state index contributed by atoms with van der Waals surface area (Å²) in [5.41, 5.74) is 6.45. The van der Waals surface area contributed by atoms with Gasteiger partial charge in [-0.15, -0.1) is 0 Å². The molecule has 0 fully saturated rings. The van der Waals surface area contributed by atoms with Crippen molar-refractivity contribution in [3.05, 3.63) is 47.8 Å². The van der Waals surface area contributed by atoms with Gasteiger partial charge in [-0.25, -0.2) is 4.39 Å². The highest BCUT2D eigenvalue weighted by molar-refractivity contribution is 5.46. The molecule has 2 N–H and O–H groups in total. The van der Waals surface area contributed by atoms with Gasteiger partial charge < -0.3 is 19.9 Å². The smallest absolute Gasteiger partial charge is 0.167 e. The number of hydrogen-bond donors (Lipinski definition) is 1. The quantitative estimate of drug-likeness (QED) is 0.913. The van der Waals surface area contributed by atoms with Crippen LogP contribution in [-0.2, 0) is 0 Å². The lowest BCUT2D eigenvalue weighted by atomic mass is 10.1. The van der Waals surface area contributed by atoms with E-state index in [0.29, 0.717) is 22.8 Å². The Hall–Kier alpha value is -2.27. The molecule has 2 aromatic carbocycles. The Morgan fingerprint density at radius 2 is 1.57 bits per heavy atom. The monoisotopic (exact) mass is 291 g/mol. The minimum Gasteiger partial charge on any atom is -0.496 e. The maximum atomic E-state index is 14.0. The molecule has 1 atom stereocenters. The van der Waals surface area contributed by atoms with Crippen LogP contribution in [0.25, 0.3) is 0 Å². The number of nitrogens with two attached hydrogens (primary N) is 1. The van der Waals surface area contributed by atoms with Gasteiger partial charge in [-0.3, -0.25) is 0 Å². The molecule has 0 aliphatic rings. The topological polar surface area (TPSA) is 53.7 Å². The highest BCUT2D eigenvalue weighted by Gasteiger charge is 2.15. The van der Waals surface area contributed by atoms with E-state index in [4.69, 9.17) is 19.9 Å². The zero-order valence-electron chi connectivity index (χ0n) is 12.2. The fraction of sp³-hybridized carbons (Fsp3) is 0.250. The first-order valence-electron chi connectivity index (χ1n) is 6.50. The summed E-state index contributed by atoms with van der Waals surface area (Å²) in [4.78, 5) is 0. The molecule has 2 aromatic rings. The van der Waals surface area contributed by atoms with Crippen molar-refractivity contribution in [2.45, 2.75) is 13.0 Å². The molecule has 0 spiro atoms. The molecule has 2 rings (SSSR count). The lowest BCUT2D eigenvalue weighted by Gasteiger charge is -2.15. The summed E-state index contributed by atoms with van der Waals surface area (Å²) >= 11 is 0. The largest absolute Gasteiger partial charge is 0.496 e. The Morgan fingerprint density at radius 1 is 1.00 bits per heavy atom. The minimum absolute atomic E-state index is 0.114. The van der Waals surface area contributed by atoms with Crippen LogP contribution in [-0.4, -0.2) is 14.2 Å². The van der Waals surface area contributed by atoms with E-state index in [1.807, 2.05) is 0 Å². The van der Waals surface area contributed by atoms with Crippen LogP contribution in [0.2, 0.25) is 0 Å². The Labute approximate surface area is 123 Å². The Balaban J connectivity index is 2.42. The van der Waals surface area contributed by atoms with Crippen LogP contribution in [0.1, 0.15) is 18.5 Å². The van der Waals surface area contributed by atoms with Crippen LogP contribution in [0.4, 0.5) is 4.39 Å². The van der Waals surface area contributed by atoms with Crippen molar-refractivity contribution in [2.24, 2.45) is 5.73 Å². The van der Waals surface area contributed by atoms with E-state index in [2.05, 4.69) is 0 Å². The third-order valence-electron chi connectivity index (χ3n) is 3.03. The predicted molar refractivity (Wildman–Crippen MR) is 78.6 cm³/mol. The summed E-state index contributed by atoms with van der Waals surface area (Å²) in [7, 11) is 3.07. The molecule has 4 nitrogen and oxygen atoms in total. The van der Waals surface area contributed by atoms with Gasteiger partial charge in [0.25, 0.3) is 0 Å². The first-order valence-corrected chi connectivity index (χ1v) is 6.50. The molecule has 21 heavy (non-hydrogen) atoms. The molecule has 0 saturated carbocycles. The summed E-state index contributed by atoms with van der Waals surface area (Å²) in [5, 5.41) is 0. The van der Waals surface area contributed by atoms with Gasteiger partial charge in [0, 0.05) is 29.8 Å². The maximum Gasteiger partial charge on any atom is 0.167 e. The number of rotatable bonds is 5. The average Bonchev–Trinajstić information content (AvgIpc) is 2.48. The number of halogens is 1. The fourth-order valence-corrected chi connectivity index (χ4v) is 1.95. The van der Waals surface area contributed by atoms with Gasteiger partial charge in [0.05, 0.1) is 14.2 Å². The third kappa shape index (κ3) is 3.44. The molecular weight excluding hydrogens is 273 g/mol. The van der Waals surface area contributed by atoms with Crippen LogP contribution in [0.15, 0.2) is 36.4 Å². The van der Waals surface area contributed by atoms with E-state index < -0.39 is 5.82 Å². The summed E-state index contributed by atoms with van der Waals surface area (Å²) in [6.45, 7) is 1.77. The average molecular weight is 291 g/mol. The highest BCUT2D eigenvalue weighted by atomic mass is 19.1. The second-order valence-electron chi connectivity index (χ2n) is 4.60. The van der Waals surface area contributed by atoms with Crippen molar-refractivity contribution >= 4 is 0 Å². The zero-order chi connectivity index (χ0) is 15.4. The van der Waals surface area contributed by atoms with Gasteiger partial charge in [-0.2, -0.15) is 0 Å². The number of ether oxygens (including phenoxy) is 3. The summed E-state index contributed by atoms with van der Waals surface area (Å²) in [5.74, 6) is 1.18. The van der Waals surface area contributed by atoms with Gasteiger partial charge in [0.1, 0.15) is 17.2 Å². The number of para-hydroxylation sites is 1. The SMILES string of the molecule is COc1cc(OC)cc(Oc2c(F)cccc2C(C)N)c1. The van der Waals surface area contributed by atoms with E-state index in [-0.39, 0.29) is 11.8 Å². The third-order valence-corrected chi connectivity index (χ3v) is 3.03. The molecule has 0 aliphatic carbocycles. The van der Waals surface area contributed by atoms with Crippen molar-refractivity contribution in [1.82, 2.24) is 0 Å². The second-order valence-corrected chi connectivity index (χ2v) is 4.60. The Morgan fingerprint density at radius 3 is 2.10 bits per heavy atom. The van der Waals surface area contributed by atoms with E-state index in [1.54, 1.807) is 37.3 Å². The Kier molecular flexibility index (Phi) is 4.65. The minimum atomic E-state index is -0.466. The summed E-state index contributed by atoms with van der Waals surface area (Å²) in [6.07, 6.45) is 0. The lowest BCUT2D eigenvalue weighted by Crippen LogP contribution is -2.07. The molecule has 0 bridgehead atoms. The van der Waals surface area contributed by atoms with Crippen LogP contribution < -0.4 is 19.9 Å². The predicted octanol–water partition coefficient (Wildman–Crippen LogP) is 3.65. The molecule has 0 saturated heterocycles. The van der Waals surface area contributed by atoms with Crippen molar-refractivity contribution in [1.29, 1.82) is 0 Å². The fourth-order valence-electron chi connectivity index (χ4n) is 1.95. The van der Waals surface area contributed by atoms with Crippen LogP contribution >= 0.6 is 0 Å². The highest BCUT2D eigenvalue weighted by Crippen LogP contribution is 2.35. The lowest BCUT2D eigenvalue weighted by molar-refractivity contribution is 0.382. The van der Waals surface area contributed by atoms with Gasteiger partial charge in [0.2, 0.25) is 0 Å². The van der Waals surface area contributed by atoms with Gasteiger partial charge in [0.15, 0.2) is 11.6 Å². The van der Waals surface area contributed by atoms with Crippen LogP contribution in [0.3, 0.4) is 0 Å². The Bertz CT molecular complexity index is 607. The van der Waals surface area contributed by atoms with E-state index in [1.165, 1.54) is 20.3 Å². The van der Waals surface area contributed by atoms with Crippen molar-refractivity contribution in [3.63, 3.8) is 0 Å². The van der Waals surface area contributed by atoms with Gasteiger partial charge >= 0.3 is 0 Å². The van der Waals surface area contributed by atoms with Crippen molar-refractivity contribution in [3.8, 4) is 23.0 Å². The number of methoxy groups -OCH3 is 2. The first-order chi connectivity index (χ1) is 10.0. The molecule has 0 aliphatic heterocycles. The summed E-state index contributed by atoms with van der Waals surface area (Å²) < 4.78 is 30.0. The number of hydrogen-bond acceptors (Lipinski definition) is 4. The normalized spacial score (nSPS) is 11.9. The summed E-state index contributed by atoms with van der Waals surface area (Å²) in [6, 6.07) is 9.34. The van der Waals surface area contributed by atoms with Crippen molar-refractivity contribution in [2.75, 3.05) is 14.2 Å². The molecule has 112 valence electrons. The van der Waals surface area contributed by atoms with E-state index in [9.17, 15) is 4.39 Å². The first kappa shape index (κ1) is 15.1. The maximum absolute atomic E-state index is 14.0. The van der Waals surface area contributed by atoms with E-state index >= 15 is 0 Å². The molecule has 0 radical (unpaired) electrons. The van der Waals surface area contributed by atoms with Crippen LogP contribution in [0.5, 0.6) is 23.0 Å². The van der Waals surface area contributed by atoms with Crippen LogP contribution in [0, 0.1) is 5.82 Å². The molecular formula is C16H18FNO3. The van der Waals surface area contributed by atoms with Gasteiger partial charge in [-0.1, -0.05) is 12.1 Å². The standard InChI is InChI=1S/C16H18FNO3/c1-10(18)14-5-4-6-15(17)16(14)21-13-8-11(19-2)7-12(9-13)20-3/h4-10H,18H2,1-3H3. The molecule has 0 amide bonds. The second kappa shape index (κ2) is 6.45. The molecule has 0 heterocycles. The molecule has 5 heteroatoms. The van der Waals surface area contributed by atoms with Gasteiger partial charge in [-0.05, 0) is 13.0 Å².